The Hall–Kier alpha value is -3.20. The van der Waals surface area contributed by atoms with Crippen LogP contribution in [0.1, 0.15) is 0 Å². The first-order valence-electron chi connectivity index (χ1n) is 7.03. The largest absolute Gasteiger partial charge is 0.744 e. The lowest BCUT2D eigenvalue weighted by molar-refractivity contribution is -0.117. The fourth-order valence-electron chi connectivity index (χ4n) is 1.63. The van der Waals surface area contributed by atoms with Crippen LogP contribution < -0.4 is 33.8 Å². The molecule has 12 N–H and O–H groups in total. The van der Waals surface area contributed by atoms with Gasteiger partial charge < -0.3 is 9.11 Å². The van der Waals surface area contributed by atoms with E-state index in [0.29, 0.717) is 11.1 Å². The molecule has 0 aliphatic heterocycles. The molecule has 0 saturated carbocycles. The summed E-state index contributed by atoms with van der Waals surface area (Å²) in [4.78, 5) is -0.694. The highest BCUT2D eigenvalue weighted by molar-refractivity contribution is 7.86. The van der Waals surface area contributed by atoms with Crippen LogP contribution in [-0.4, -0.2) is 37.9 Å². The van der Waals surface area contributed by atoms with Crippen molar-refractivity contribution in [3.05, 3.63) is 48.5 Å². The minimum atomic E-state index is -4.50. The molecule has 0 atom stereocenters. The van der Waals surface area contributed by atoms with E-state index in [1.807, 2.05) is 0 Å². The van der Waals surface area contributed by atoms with E-state index < -0.39 is 20.2 Å². The third-order valence-corrected chi connectivity index (χ3v) is 4.32. The smallest absolute Gasteiger partial charge is 0.336 e. The van der Waals surface area contributed by atoms with Crippen molar-refractivity contribution in [2.45, 2.75) is 9.79 Å². The molecule has 12 nitrogen and oxygen atoms in total. The second-order valence-electron chi connectivity index (χ2n) is 4.96. The maximum absolute atomic E-state index is 10.8. The molecule has 0 aliphatic carbocycles. The summed E-state index contributed by atoms with van der Waals surface area (Å²) in [7, 11) is -9.00. The Morgan fingerprint density at radius 3 is 0.929 bits per heavy atom. The Bertz CT molecular complexity index is 925. The minimum Gasteiger partial charge on any atom is -0.744 e. The van der Waals surface area contributed by atoms with E-state index in [2.05, 4.69) is 33.8 Å². The van der Waals surface area contributed by atoms with Crippen molar-refractivity contribution in [2.75, 3.05) is 0 Å². The average molecular weight is 432 g/mol. The van der Waals surface area contributed by atoms with Gasteiger partial charge in [-0.2, -0.15) is 0 Å². The van der Waals surface area contributed by atoms with Crippen molar-refractivity contribution in [1.82, 2.24) is 0 Å². The van der Waals surface area contributed by atoms with Gasteiger partial charge in [0, 0.05) is 0 Å². The second kappa shape index (κ2) is 10.2. The lowest BCUT2D eigenvalue weighted by Gasteiger charge is -2.09. The van der Waals surface area contributed by atoms with E-state index >= 15 is 0 Å². The molecule has 0 amide bonds. The summed E-state index contributed by atoms with van der Waals surface area (Å²) in [6.07, 6.45) is 0. The summed E-state index contributed by atoms with van der Waals surface area (Å²) in [5, 5.41) is 9.17. The fraction of sp³-hybridized carbons (Fsp3) is 0. The van der Waals surface area contributed by atoms with Crippen LogP contribution in [0.3, 0.4) is 0 Å². The zero-order valence-electron chi connectivity index (χ0n) is 14.3. The Kier molecular flexibility index (Phi) is 9.05. The van der Waals surface area contributed by atoms with Crippen LogP contribution in [0.5, 0.6) is 0 Å². The van der Waals surface area contributed by atoms with Gasteiger partial charge in [0.05, 0.1) is 9.79 Å². The van der Waals surface area contributed by atoms with Gasteiger partial charge in [-0.25, -0.2) is 16.8 Å². The maximum Gasteiger partial charge on any atom is 0.336 e. The first-order valence-corrected chi connectivity index (χ1v) is 9.85. The molecular formula is C14H20N6O6S2. The molecule has 0 bridgehead atoms. The number of nitrogens with two attached hydrogens (primary N) is 6. The fourth-order valence-corrected chi connectivity index (χ4v) is 2.57. The Balaban J connectivity index is 0.000000776. The van der Waals surface area contributed by atoms with Crippen LogP contribution in [0.2, 0.25) is 0 Å². The van der Waals surface area contributed by atoms with Crippen LogP contribution in [0, 0.1) is 0 Å². The molecule has 14 heteroatoms. The molecule has 0 saturated heterocycles. The molecular weight excluding hydrogens is 412 g/mol. The Labute approximate surface area is 161 Å². The second-order valence-corrected chi connectivity index (χ2v) is 7.72. The molecule has 0 fully saturated rings. The third kappa shape index (κ3) is 10.1. The topological polar surface area (TPSA) is 270 Å². The minimum absolute atomic E-state index is 0.0833. The average Bonchev–Trinajstić information content (AvgIpc) is 2.52. The summed E-state index contributed by atoms with van der Waals surface area (Å²) in [5.41, 5.74) is 19.5. The highest BCUT2D eigenvalue weighted by atomic mass is 32.2. The maximum atomic E-state index is 10.8. The van der Waals surface area contributed by atoms with Gasteiger partial charge in [-0.1, -0.05) is 24.3 Å². The number of rotatable bonds is 3. The third-order valence-electron chi connectivity index (χ3n) is 2.62. The van der Waals surface area contributed by atoms with Gasteiger partial charge in [0.2, 0.25) is 0 Å². The van der Waals surface area contributed by atoms with E-state index in [4.69, 9.17) is 0 Å². The summed E-state index contributed by atoms with van der Waals surface area (Å²) >= 11 is 0. The highest BCUT2D eigenvalue weighted by Crippen LogP contribution is 2.22. The predicted octanol–water partition coefficient (Wildman–Crippen LogP) is -4.80. The lowest BCUT2D eigenvalue weighted by Crippen LogP contribution is -2.51. The SMILES string of the molecule is NC(N)=[NH2+].NC(N)=[NH2+].O=S(=O)([O-])c1ccc(-c2ccc(S(=O)(=O)[O-])cc2)cc1. The van der Waals surface area contributed by atoms with E-state index in [0.717, 1.165) is 24.3 Å². The molecule has 2 aromatic rings. The van der Waals surface area contributed by atoms with Crippen LogP contribution in [0.4, 0.5) is 0 Å². The summed E-state index contributed by atoms with van der Waals surface area (Å²) in [6, 6.07) is 10.3. The molecule has 0 spiro atoms. The van der Waals surface area contributed by atoms with Crippen LogP contribution in [0.15, 0.2) is 58.3 Å². The zero-order valence-corrected chi connectivity index (χ0v) is 16.0. The van der Waals surface area contributed by atoms with Crippen molar-refractivity contribution < 1.29 is 36.8 Å². The summed E-state index contributed by atoms with van der Waals surface area (Å²) < 4.78 is 64.7. The molecule has 28 heavy (non-hydrogen) atoms. The van der Waals surface area contributed by atoms with Crippen molar-refractivity contribution in [1.29, 1.82) is 0 Å². The van der Waals surface area contributed by atoms with Gasteiger partial charge in [-0.3, -0.25) is 33.8 Å². The first kappa shape index (κ1) is 24.8. The quantitative estimate of drug-likeness (QED) is 0.153. The Morgan fingerprint density at radius 1 is 0.607 bits per heavy atom. The number of guanidine groups is 2. The van der Waals surface area contributed by atoms with Gasteiger partial charge in [0.1, 0.15) is 20.2 Å². The number of benzene rings is 2. The number of hydrogen-bond donors (Lipinski definition) is 6. The van der Waals surface area contributed by atoms with Crippen molar-refractivity contribution in [3.63, 3.8) is 0 Å². The van der Waals surface area contributed by atoms with Crippen LogP contribution >= 0.6 is 0 Å². The monoisotopic (exact) mass is 432 g/mol. The van der Waals surface area contributed by atoms with Crippen molar-refractivity contribution in [2.24, 2.45) is 22.9 Å². The lowest BCUT2D eigenvalue weighted by atomic mass is 10.1. The Morgan fingerprint density at radius 2 is 0.786 bits per heavy atom. The molecule has 0 radical (unpaired) electrons. The summed E-state index contributed by atoms with van der Waals surface area (Å²) in [6.45, 7) is 0. The van der Waals surface area contributed by atoms with Gasteiger partial charge in [0.15, 0.2) is 0 Å². The normalized spacial score (nSPS) is 10.5. The molecule has 0 unspecified atom stereocenters. The molecule has 2 aromatic carbocycles. The van der Waals surface area contributed by atoms with E-state index in [1.165, 1.54) is 24.3 Å². The molecule has 0 heterocycles. The predicted molar refractivity (Wildman–Crippen MR) is 98.4 cm³/mol. The van der Waals surface area contributed by atoms with E-state index in [9.17, 15) is 25.9 Å². The van der Waals surface area contributed by atoms with Crippen molar-refractivity contribution >= 4 is 32.2 Å². The summed E-state index contributed by atoms with van der Waals surface area (Å²) in [5.74, 6) is -0.167. The van der Waals surface area contributed by atoms with Crippen LogP contribution in [-0.2, 0) is 20.2 Å². The van der Waals surface area contributed by atoms with Gasteiger partial charge in [-0.05, 0) is 35.4 Å². The molecule has 0 aromatic heterocycles. The highest BCUT2D eigenvalue weighted by Gasteiger charge is 2.04. The van der Waals surface area contributed by atoms with Crippen LogP contribution in [0.25, 0.3) is 11.1 Å². The van der Waals surface area contributed by atoms with E-state index in [-0.39, 0.29) is 21.7 Å². The zero-order chi connectivity index (χ0) is 22.1. The molecule has 2 rings (SSSR count). The van der Waals surface area contributed by atoms with Gasteiger partial charge in [0.25, 0.3) is 0 Å². The van der Waals surface area contributed by atoms with Crippen molar-refractivity contribution in [3.8, 4) is 11.1 Å². The standard InChI is InChI=1S/C12H10O6S2.2CH5N3/c13-19(14,15)11-5-1-9(2-6-11)10-3-7-12(8-4-10)20(16,17)18;2*2-1(3)4/h1-8H,(H,13,14,15)(H,16,17,18);2*(H5,2,3,4). The first-order chi connectivity index (χ1) is 12.6. The van der Waals surface area contributed by atoms with E-state index in [1.54, 1.807) is 0 Å². The molecule has 154 valence electrons. The number of hydrogen-bond acceptors (Lipinski definition) is 6. The van der Waals surface area contributed by atoms with Gasteiger partial charge >= 0.3 is 11.9 Å². The van der Waals surface area contributed by atoms with Gasteiger partial charge in [-0.15, -0.1) is 0 Å². The molecule has 0 aliphatic rings.